The number of hydrogen-bond donors (Lipinski definition) is 0. The van der Waals surface area contributed by atoms with Gasteiger partial charge in [-0.05, 0) is 44.2 Å². The molecule has 0 radical (unpaired) electrons. The maximum atomic E-state index is 13.2. The van der Waals surface area contributed by atoms with E-state index in [-0.39, 0.29) is 11.3 Å². The first-order valence-corrected chi connectivity index (χ1v) is 11.1. The van der Waals surface area contributed by atoms with Crippen molar-refractivity contribution in [2.75, 3.05) is 20.2 Å². The molecule has 1 amide bonds. The summed E-state index contributed by atoms with van der Waals surface area (Å²) in [6, 6.07) is 3.77. The number of aryl methyl sites for hydroxylation is 1. The molecule has 3 aromatic rings. The van der Waals surface area contributed by atoms with Crippen LogP contribution < -0.4 is 0 Å². The van der Waals surface area contributed by atoms with Gasteiger partial charge in [0.1, 0.15) is 5.76 Å². The Bertz CT molecular complexity index is 1080. The van der Waals surface area contributed by atoms with Gasteiger partial charge in [-0.15, -0.1) is 0 Å². The maximum Gasteiger partial charge on any atom is 0.276 e. The molecule has 168 valence electrons. The standard InChI is InChI=1S/C23H27N5O4/c1-15-18(14-30-2)19(26-31-15)21(29)28-10-7-23(8-11-28,12-16-5-6-16)22-25-20(32-27-22)17-4-3-9-24-13-17/h3-4,9,13,16H,5-8,10-12,14H2,1-2H3. The minimum absolute atomic E-state index is 0.113. The zero-order chi connectivity index (χ0) is 22.1. The fourth-order valence-corrected chi connectivity index (χ4v) is 4.60. The van der Waals surface area contributed by atoms with E-state index in [2.05, 4.69) is 15.3 Å². The number of piperidine rings is 1. The van der Waals surface area contributed by atoms with Crippen LogP contribution in [-0.4, -0.2) is 51.3 Å². The van der Waals surface area contributed by atoms with Crippen LogP contribution in [-0.2, 0) is 16.8 Å². The third kappa shape index (κ3) is 3.92. The molecule has 0 N–H and O–H groups in total. The van der Waals surface area contributed by atoms with Gasteiger partial charge < -0.3 is 18.7 Å². The first-order valence-electron chi connectivity index (χ1n) is 11.1. The molecule has 1 saturated carbocycles. The molecule has 1 aliphatic carbocycles. The average molecular weight is 438 g/mol. The van der Waals surface area contributed by atoms with Crippen LogP contribution in [0, 0.1) is 12.8 Å². The summed E-state index contributed by atoms with van der Waals surface area (Å²) < 4.78 is 16.1. The van der Waals surface area contributed by atoms with Crippen LogP contribution in [0.2, 0.25) is 0 Å². The van der Waals surface area contributed by atoms with E-state index in [0.717, 1.165) is 30.7 Å². The number of nitrogens with zero attached hydrogens (tertiary/aromatic N) is 5. The molecule has 0 aromatic carbocycles. The second-order valence-electron chi connectivity index (χ2n) is 8.88. The van der Waals surface area contributed by atoms with E-state index in [1.807, 2.05) is 17.0 Å². The highest BCUT2D eigenvalue weighted by molar-refractivity contribution is 5.93. The maximum absolute atomic E-state index is 13.2. The topological polar surface area (TPSA) is 107 Å². The predicted octanol–water partition coefficient (Wildman–Crippen LogP) is 3.55. The fraction of sp³-hybridized carbons (Fsp3) is 0.522. The molecule has 4 heterocycles. The number of pyridine rings is 1. The highest BCUT2D eigenvalue weighted by Crippen LogP contribution is 2.47. The summed E-state index contributed by atoms with van der Waals surface area (Å²) in [4.78, 5) is 23.9. The van der Waals surface area contributed by atoms with Crippen molar-refractivity contribution in [3.63, 3.8) is 0 Å². The van der Waals surface area contributed by atoms with Gasteiger partial charge in [-0.2, -0.15) is 4.98 Å². The minimum Gasteiger partial charge on any atom is -0.380 e. The van der Waals surface area contributed by atoms with Gasteiger partial charge >= 0.3 is 0 Å². The van der Waals surface area contributed by atoms with Crippen molar-refractivity contribution in [3.05, 3.63) is 47.4 Å². The lowest BCUT2D eigenvalue weighted by Gasteiger charge is -2.40. The van der Waals surface area contributed by atoms with Crippen molar-refractivity contribution in [3.8, 4) is 11.5 Å². The third-order valence-corrected chi connectivity index (χ3v) is 6.67. The third-order valence-electron chi connectivity index (χ3n) is 6.67. The van der Waals surface area contributed by atoms with Gasteiger partial charge in [0.15, 0.2) is 11.5 Å². The lowest BCUT2D eigenvalue weighted by atomic mass is 9.73. The number of likely N-dealkylation sites (tertiary alicyclic amines) is 1. The van der Waals surface area contributed by atoms with Gasteiger partial charge in [-0.3, -0.25) is 9.78 Å². The van der Waals surface area contributed by atoms with E-state index < -0.39 is 0 Å². The van der Waals surface area contributed by atoms with Crippen molar-refractivity contribution < 1.29 is 18.6 Å². The number of carbonyl (C=O) groups excluding carboxylic acids is 1. The van der Waals surface area contributed by atoms with Gasteiger partial charge in [0.2, 0.25) is 0 Å². The van der Waals surface area contributed by atoms with Crippen molar-refractivity contribution in [2.45, 2.75) is 51.0 Å². The van der Waals surface area contributed by atoms with Crippen molar-refractivity contribution >= 4 is 5.91 Å². The van der Waals surface area contributed by atoms with Crippen LogP contribution in [0.5, 0.6) is 0 Å². The molecule has 0 atom stereocenters. The second-order valence-corrected chi connectivity index (χ2v) is 8.88. The fourth-order valence-electron chi connectivity index (χ4n) is 4.60. The second kappa shape index (κ2) is 8.46. The number of hydrogen-bond acceptors (Lipinski definition) is 8. The van der Waals surface area contributed by atoms with Gasteiger partial charge in [0.25, 0.3) is 11.8 Å². The Balaban J connectivity index is 1.35. The molecule has 2 fully saturated rings. The zero-order valence-electron chi connectivity index (χ0n) is 18.4. The Kier molecular flexibility index (Phi) is 5.50. The highest BCUT2D eigenvalue weighted by atomic mass is 16.5. The van der Waals surface area contributed by atoms with Gasteiger partial charge in [-0.1, -0.05) is 23.2 Å². The van der Waals surface area contributed by atoms with Gasteiger partial charge in [-0.25, -0.2) is 0 Å². The lowest BCUT2D eigenvalue weighted by molar-refractivity contribution is 0.0631. The molecule has 9 heteroatoms. The Hall–Kier alpha value is -3.07. The lowest BCUT2D eigenvalue weighted by Crippen LogP contribution is -2.46. The average Bonchev–Trinajstić information content (AvgIpc) is 3.34. The summed E-state index contributed by atoms with van der Waals surface area (Å²) in [6.07, 6.45) is 8.54. The summed E-state index contributed by atoms with van der Waals surface area (Å²) in [6.45, 7) is 3.32. The predicted molar refractivity (Wildman–Crippen MR) is 114 cm³/mol. The largest absolute Gasteiger partial charge is 0.380 e. The molecule has 2 aliphatic rings. The first-order chi connectivity index (χ1) is 15.6. The minimum atomic E-state index is -0.184. The summed E-state index contributed by atoms with van der Waals surface area (Å²) >= 11 is 0. The van der Waals surface area contributed by atoms with Crippen molar-refractivity contribution in [2.24, 2.45) is 5.92 Å². The number of rotatable bonds is 7. The summed E-state index contributed by atoms with van der Waals surface area (Å²) in [5.74, 6) is 2.43. The summed E-state index contributed by atoms with van der Waals surface area (Å²) in [5.41, 5.74) is 1.69. The Morgan fingerprint density at radius 3 is 2.75 bits per heavy atom. The van der Waals surface area contributed by atoms with E-state index >= 15 is 0 Å². The zero-order valence-corrected chi connectivity index (χ0v) is 18.4. The molecule has 1 aliphatic heterocycles. The summed E-state index contributed by atoms with van der Waals surface area (Å²) in [5, 5.41) is 8.39. The molecule has 0 unspecified atom stereocenters. The molecule has 5 rings (SSSR count). The Morgan fingerprint density at radius 1 is 1.25 bits per heavy atom. The van der Waals surface area contributed by atoms with E-state index in [0.29, 0.717) is 48.5 Å². The molecule has 0 bridgehead atoms. The monoisotopic (exact) mass is 437 g/mol. The Labute approximate surface area is 186 Å². The first kappa shape index (κ1) is 20.8. The number of ether oxygens (including phenoxy) is 1. The quantitative estimate of drug-likeness (QED) is 0.552. The number of amides is 1. The number of methoxy groups -OCH3 is 1. The van der Waals surface area contributed by atoms with Crippen LogP contribution in [0.4, 0.5) is 0 Å². The van der Waals surface area contributed by atoms with Crippen LogP contribution in [0.15, 0.2) is 33.6 Å². The molecular weight excluding hydrogens is 410 g/mol. The summed E-state index contributed by atoms with van der Waals surface area (Å²) in [7, 11) is 1.60. The normalized spacial score (nSPS) is 18.1. The van der Waals surface area contributed by atoms with Crippen LogP contribution in [0.3, 0.4) is 0 Å². The SMILES string of the molecule is COCc1c(C(=O)N2CCC(CC3CC3)(c3noc(-c4cccnc4)n3)CC2)noc1C. The van der Waals surface area contributed by atoms with Crippen molar-refractivity contribution in [1.29, 1.82) is 0 Å². The molecule has 0 spiro atoms. The Morgan fingerprint density at radius 2 is 2.06 bits per heavy atom. The highest BCUT2D eigenvalue weighted by Gasteiger charge is 2.45. The number of carbonyl (C=O) groups is 1. The van der Waals surface area contributed by atoms with Crippen LogP contribution >= 0.6 is 0 Å². The van der Waals surface area contributed by atoms with E-state index in [1.165, 1.54) is 12.8 Å². The molecule has 32 heavy (non-hydrogen) atoms. The molecule has 3 aromatic heterocycles. The van der Waals surface area contributed by atoms with Crippen LogP contribution in [0.1, 0.15) is 59.7 Å². The van der Waals surface area contributed by atoms with E-state index in [1.54, 1.807) is 26.4 Å². The molecule has 1 saturated heterocycles. The van der Waals surface area contributed by atoms with E-state index in [4.69, 9.17) is 18.8 Å². The van der Waals surface area contributed by atoms with E-state index in [9.17, 15) is 4.79 Å². The number of aromatic nitrogens is 4. The van der Waals surface area contributed by atoms with Crippen LogP contribution in [0.25, 0.3) is 11.5 Å². The molecular formula is C23H27N5O4. The molecule has 9 nitrogen and oxygen atoms in total. The van der Waals surface area contributed by atoms with Gasteiger partial charge in [0.05, 0.1) is 17.7 Å². The van der Waals surface area contributed by atoms with Crippen molar-refractivity contribution in [1.82, 2.24) is 25.2 Å². The smallest absolute Gasteiger partial charge is 0.276 e. The van der Waals surface area contributed by atoms with Gasteiger partial charge in [0, 0.05) is 38.0 Å².